The average Bonchev–Trinajstić information content (AvgIpc) is 3.22. The molecule has 0 saturated carbocycles. The first kappa shape index (κ1) is 23.4. The lowest BCUT2D eigenvalue weighted by Crippen LogP contribution is -2.28. The maximum Gasteiger partial charge on any atom is 0.224 e. The molecule has 0 bridgehead atoms. The molecule has 0 aliphatic heterocycles. The van der Waals surface area contributed by atoms with Crippen molar-refractivity contribution in [2.24, 2.45) is 0 Å². The molecule has 0 spiro atoms. The molecule has 0 saturated heterocycles. The highest BCUT2D eigenvalue weighted by Gasteiger charge is 2.11. The van der Waals surface area contributed by atoms with Crippen molar-refractivity contribution < 1.29 is 14.3 Å². The monoisotopic (exact) mass is 457 g/mol. The Labute approximate surface area is 200 Å². The molecule has 6 heteroatoms. The Bertz CT molecular complexity index is 1190. The minimum atomic E-state index is 0.0320. The second-order valence-electron chi connectivity index (χ2n) is 8.16. The van der Waals surface area contributed by atoms with Crippen LogP contribution in [-0.2, 0) is 24.2 Å². The fraction of sp³-hybridized carbons (Fsp3) is 0.286. The number of fused-ring (bicyclic) bond motifs is 1. The van der Waals surface area contributed by atoms with Gasteiger partial charge in [0.2, 0.25) is 5.91 Å². The smallest absolute Gasteiger partial charge is 0.224 e. The minimum absolute atomic E-state index is 0.0320. The molecule has 1 amide bonds. The SMILES string of the molecule is COc1ccc(OCCCCn2c(CCNC(=O)Cc3ccccc3)nc3ccccc32)cc1. The number of methoxy groups -OCH3 is 1. The van der Waals surface area contributed by atoms with Gasteiger partial charge in [-0.3, -0.25) is 4.79 Å². The van der Waals surface area contributed by atoms with Crippen molar-refractivity contribution in [1.82, 2.24) is 14.9 Å². The molecule has 0 atom stereocenters. The summed E-state index contributed by atoms with van der Waals surface area (Å²) in [4.78, 5) is 17.1. The van der Waals surface area contributed by atoms with E-state index in [1.807, 2.05) is 72.8 Å². The number of rotatable bonds is 12. The van der Waals surface area contributed by atoms with E-state index in [1.54, 1.807) is 7.11 Å². The Morgan fingerprint density at radius 3 is 2.44 bits per heavy atom. The van der Waals surface area contributed by atoms with E-state index in [1.165, 1.54) is 0 Å². The number of carbonyl (C=O) groups excluding carboxylic acids is 1. The third-order valence-corrected chi connectivity index (χ3v) is 5.72. The van der Waals surface area contributed by atoms with Gasteiger partial charge in [-0.25, -0.2) is 4.98 Å². The van der Waals surface area contributed by atoms with Crippen LogP contribution in [0.15, 0.2) is 78.9 Å². The zero-order valence-electron chi connectivity index (χ0n) is 19.6. The number of unbranched alkanes of at least 4 members (excludes halogenated alkanes) is 1. The topological polar surface area (TPSA) is 65.4 Å². The molecule has 0 radical (unpaired) electrons. The van der Waals surface area contributed by atoms with E-state index in [0.29, 0.717) is 26.0 Å². The number of para-hydroxylation sites is 2. The summed E-state index contributed by atoms with van der Waals surface area (Å²) >= 11 is 0. The summed E-state index contributed by atoms with van der Waals surface area (Å²) in [5.41, 5.74) is 3.14. The molecular weight excluding hydrogens is 426 g/mol. The van der Waals surface area contributed by atoms with Gasteiger partial charge in [0, 0.05) is 19.5 Å². The van der Waals surface area contributed by atoms with Crippen molar-refractivity contribution in [2.45, 2.75) is 32.2 Å². The lowest BCUT2D eigenvalue weighted by atomic mass is 10.1. The molecule has 0 unspecified atom stereocenters. The lowest BCUT2D eigenvalue weighted by molar-refractivity contribution is -0.120. The van der Waals surface area contributed by atoms with Gasteiger partial charge in [-0.2, -0.15) is 0 Å². The van der Waals surface area contributed by atoms with Gasteiger partial charge in [0.05, 0.1) is 31.2 Å². The number of hydrogen-bond acceptors (Lipinski definition) is 4. The second kappa shape index (κ2) is 11.9. The first-order valence-electron chi connectivity index (χ1n) is 11.7. The highest BCUT2D eigenvalue weighted by molar-refractivity contribution is 5.78. The largest absolute Gasteiger partial charge is 0.497 e. The Balaban J connectivity index is 1.28. The maximum absolute atomic E-state index is 12.3. The molecule has 0 aliphatic carbocycles. The molecule has 0 fully saturated rings. The van der Waals surface area contributed by atoms with E-state index in [9.17, 15) is 4.79 Å². The number of hydrogen-bond donors (Lipinski definition) is 1. The number of ether oxygens (including phenoxy) is 2. The third-order valence-electron chi connectivity index (χ3n) is 5.72. The highest BCUT2D eigenvalue weighted by Crippen LogP contribution is 2.19. The standard InChI is InChI=1S/C28H31N3O3/c1-33-23-13-15-24(16-14-23)34-20-8-7-19-31-26-12-6-5-11-25(26)30-27(31)17-18-29-28(32)21-22-9-3-2-4-10-22/h2-6,9-16H,7-8,17-21H2,1H3,(H,29,32). The minimum Gasteiger partial charge on any atom is -0.497 e. The van der Waals surface area contributed by atoms with E-state index in [0.717, 1.165) is 53.3 Å². The van der Waals surface area contributed by atoms with E-state index < -0.39 is 0 Å². The number of benzene rings is 3. The van der Waals surface area contributed by atoms with Crippen LogP contribution in [0.3, 0.4) is 0 Å². The summed E-state index contributed by atoms with van der Waals surface area (Å²) < 4.78 is 13.3. The summed E-state index contributed by atoms with van der Waals surface area (Å²) in [5, 5.41) is 3.03. The van der Waals surface area contributed by atoms with Crippen LogP contribution >= 0.6 is 0 Å². The quantitative estimate of drug-likeness (QED) is 0.310. The van der Waals surface area contributed by atoms with Gasteiger partial charge in [-0.1, -0.05) is 42.5 Å². The van der Waals surface area contributed by atoms with Gasteiger partial charge in [-0.05, 0) is 54.8 Å². The fourth-order valence-corrected chi connectivity index (χ4v) is 3.96. The van der Waals surface area contributed by atoms with Crippen molar-refractivity contribution in [3.8, 4) is 11.5 Å². The number of aryl methyl sites for hydroxylation is 1. The molecule has 3 aromatic carbocycles. The molecule has 1 aromatic heterocycles. The van der Waals surface area contributed by atoms with Crippen molar-refractivity contribution >= 4 is 16.9 Å². The van der Waals surface area contributed by atoms with Gasteiger partial charge in [0.15, 0.2) is 0 Å². The van der Waals surface area contributed by atoms with E-state index in [4.69, 9.17) is 14.5 Å². The van der Waals surface area contributed by atoms with Crippen LogP contribution in [-0.4, -0.2) is 35.7 Å². The molecule has 6 nitrogen and oxygen atoms in total. The fourth-order valence-electron chi connectivity index (χ4n) is 3.96. The molecule has 4 rings (SSSR count). The third kappa shape index (κ3) is 6.38. The number of nitrogens with one attached hydrogen (secondary N) is 1. The number of carbonyl (C=O) groups is 1. The number of imidazole rings is 1. The zero-order chi connectivity index (χ0) is 23.6. The van der Waals surface area contributed by atoms with Gasteiger partial charge >= 0.3 is 0 Å². The Hall–Kier alpha value is -3.80. The molecule has 1 N–H and O–H groups in total. The van der Waals surface area contributed by atoms with Crippen LogP contribution in [0.4, 0.5) is 0 Å². The summed E-state index contributed by atoms with van der Waals surface area (Å²) in [5.74, 6) is 2.70. The Morgan fingerprint density at radius 1 is 0.912 bits per heavy atom. The van der Waals surface area contributed by atoms with Gasteiger partial charge in [0.25, 0.3) is 0 Å². The van der Waals surface area contributed by atoms with Crippen LogP contribution in [0.1, 0.15) is 24.2 Å². The number of amides is 1. The first-order chi connectivity index (χ1) is 16.7. The second-order valence-corrected chi connectivity index (χ2v) is 8.16. The summed E-state index contributed by atoms with van der Waals surface area (Å²) in [6.45, 7) is 2.08. The molecule has 1 heterocycles. The number of aromatic nitrogens is 2. The van der Waals surface area contributed by atoms with E-state index in [2.05, 4.69) is 16.0 Å². The first-order valence-corrected chi connectivity index (χ1v) is 11.7. The van der Waals surface area contributed by atoms with Gasteiger partial charge < -0.3 is 19.4 Å². The van der Waals surface area contributed by atoms with Crippen molar-refractivity contribution in [1.29, 1.82) is 0 Å². The van der Waals surface area contributed by atoms with Crippen LogP contribution in [0.5, 0.6) is 11.5 Å². The summed E-state index contributed by atoms with van der Waals surface area (Å²) in [7, 11) is 1.66. The van der Waals surface area contributed by atoms with Crippen LogP contribution in [0.25, 0.3) is 11.0 Å². The summed E-state index contributed by atoms with van der Waals surface area (Å²) in [6, 6.07) is 25.6. The van der Waals surface area contributed by atoms with E-state index in [-0.39, 0.29) is 5.91 Å². The maximum atomic E-state index is 12.3. The average molecular weight is 458 g/mol. The van der Waals surface area contributed by atoms with Crippen LogP contribution < -0.4 is 14.8 Å². The van der Waals surface area contributed by atoms with Gasteiger partial charge in [-0.15, -0.1) is 0 Å². The zero-order valence-corrected chi connectivity index (χ0v) is 19.6. The molecule has 4 aromatic rings. The van der Waals surface area contributed by atoms with Crippen molar-refractivity contribution in [3.05, 3.63) is 90.3 Å². The predicted molar refractivity (Wildman–Crippen MR) is 134 cm³/mol. The molecule has 0 aliphatic rings. The normalized spacial score (nSPS) is 10.9. The van der Waals surface area contributed by atoms with Crippen LogP contribution in [0.2, 0.25) is 0 Å². The number of nitrogens with zero attached hydrogens (tertiary/aromatic N) is 2. The molecular formula is C28H31N3O3. The summed E-state index contributed by atoms with van der Waals surface area (Å²) in [6.07, 6.45) is 3.00. The Kier molecular flexibility index (Phi) is 8.17. The van der Waals surface area contributed by atoms with Crippen molar-refractivity contribution in [2.75, 3.05) is 20.3 Å². The predicted octanol–water partition coefficient (Wildman–Crippen LogP) is 4.81. The molecule has 34 heavy (non-hydrogen) atoms. The van der Waals surface area contributed by atoms with Crippen LogP contribution in [0, 0.1) is 0 Å². The van der Waals surface area contributed by atoms with Gasteiger partial charge in [0.1, 0.15) is 17.3 Å². The van der Waals surface area contributed by atoms with Crippen molar-refractivity contribution in [3.63, 3.8) is 0 Å². The lowest BCUT2D eigenvalue weighted by Gasteiger charge is -2.11. The molecule has 176 valence electrons. The Morgan fingerprint density at radius 2 is 1.65 bits per heavy atom. The highest BCUT2D eigenvalue weighted by atomic mass is 16.5. The van der Waals surface area contributed by atoms with E-state index >= 15 is 0 Å².